The van der Waals surface area contributed by atoms with Crippen molar-refractivity contribution in [1.29, 1.82) is 0 Å². The van der Waals surface area contributed by atoms with Crippen LogP contribution in [0.1, 0.15) is 42.5 Å². The van der Waals surface area contributed by atoms with Gasteiger partial charge in [0, 0.05) is 11.4 Å². The third-order valence-corrected chi connectivity index (χ3v) is 5.10. The van der Waals surface area contributed by atoms with Gasteiger partial charge in [-0.2, -0.15) is 5.10 Å². The second-order valence-corrected chi connectivity index (χ2v) is 7.21. The van der Waals surface area contributed by atoms with Crippen LogP contribution >= 0.6 is 11.6 Å². The highest BCUT2D eigenvalue weighted by molar-refractivity contribution is 6.30. The minimum atomic E-state index is -0.250. The Hall–Kier alpha value is -2.83. The SMILES string of the molecule is C[C@@H]([NH2+]CC(=O)N1N=C(c2ccc(Cl)cc2)C[C@@H]1c1ccco1)c1ccco1. The number of rotatable bonds is 6. The van der Waals surface area contributed by atoms with Crippen LogP contribution in [0.2, 0.25) is 5.02 Å². The fraction of sp³-hybridized carbons (Fsp3) is 0.238. The Morgan fingerprint density at radius 1 is 1.21 bits per heavy atom. The molecular weight excluding hydrogens is 378 g/mol. The van der Waals surface area contributed by atoms with Crippen molar-refractivity contribution in [2.24, 2.45) is 5.10 Å². The molecule has 2 atom stereocenters. The van der Waals surface area contributed by atoms with Crippen LogP contribution in [0.15, 0.2) is 75.0 Å². The average Bonchev–Trinajstić information content (AvgIpc) is 3.47. The first kappa shape index (κ1) is 18.5. The Kier molecular flexibility index (Phi) is 5.32. The van der Waals surface area contributed by atoms with E-state index in [2.05, 4.69) is 5.10 Å². The van der Waals surface area contributed by atoms with Crippen LogP contribution < -0.4 is 5.32 Å². The van der Waals surface area contributed by atoms with Gasteiger partial charge in [0.25, 0.3) is 5.91 Å². The van der Waals surface area contributed by atoms with E-state index in [1.807, 2.05) is 60.8 Å². The van der Waals surface area contributed by atoms with E-state index in [0.29, 0.717) is 11.4 Å². The fourth-order valence-electron chi connectivity index (χ4n) is 3.30. The van der Waals surface area contributed by atoms with Crippen LogP contribution in [0.4, 0.5) is 0 Å². The molecule has 1 aliphatic rings. The molecule has 4 rings (SSSR count). The van der Waals surface area contributed by atoms with Gasteiger partial charge < -0.3 is 14.2 Å². The van der Waals surface area contributed by atoms with Crippen LogP contribution in [0.3, 0.4) is 0 Å². The van der Waals surface area contributed by atoms with Crippen molar-refractivity contribution in [1.82, 2.24) is 5.01 Å². The number of amides is 1. The molecule has 1 aliphatic heterocycles. The molecule has 7 heteroatoms. The van der Waals surface area contributed by atoms with Crippen molar-refractivity contribution in [2.45, 2.75) is 25.4 Å². The summed E-state index contributed by atoms with van der Waals surface area (Å²) >= 11 is 5.99. The Morgan fingerprint density at radius 2 is 1.96 bits per heavy atom. The second kappa shape index (κ2) is 8.04. The van der Waals surface area contributed by atoms with Gasteiger partial charge in [-0.25, -0.2) is 5.01 Å². The quantitative estimate of drug-likeness (QED) is 0.690. The molecule has 0 fully saturated rings. The lowest BCUT2D eigenvalue weighted by Crippen LogP contribution is -2.86. The van der Waals surface area contributed by atoms with Crippen LogP contribution in [-0.2, 0) is 4.79 Å². The van der Waals surface area contributed by atoms with Crippen molar-refractivity contribution < 1.29 is 18.9 Å². The first-order valence-corrected chi connectivity index (χ1v) is 9.55. The van der Waals surface area contributed by atoms with E-state index in [9.17, 15) is 4.79 Å². The molecule has 0 spiro atoms. The van der Waals surface area contributed by atoms with Gasteiger partial charge in [-0.3, -0.25) is 4.79 Å². The van der Waals surface area contributed by atoms with Crippen LogP contribution in [0.5, 0.6) is 0 Å². The molecule has 0 saturated heterocycles. The standard InChI is InChI=1S/C21H20ClN3O3/c1-14(19-4-2-10-27-19)23-13-21(26)25-18(20-5-3-11-28-20)12-17(24-25)15-6-8-16(22)9-7-15/h2-11,14,18,23H,12-13H2,1H3/p+1/t14-,18-/m1/s1. The molecule has 0 saturated carbocycles. The summed E-state index contributed by atoms with van der Waals surface area (Å²) < 4.78 is 11.0. The van der Waals surface area contributed by atoms with Crippen molar-refractivity contribution in [3.05, 3.63) is 83.2 Å². The van der Waals surface area contributed by atoms with Gasteiger partial charge in [-0.15, -0.1) is 0 Å². The number of nitrogens with zero attached hydrogens (tertiary/aromatic N) is 2. The normalized spacial score (nSPS) is 17.6. The van der Waals surface area contributed by atoms with Gasteiger partial charge >= 0.3 is 0 Å². The zero-order valence-electron chi connectivity index (χ0n) is 15.4. The molecule has 3 heterocycles. The summed E-state index contributed by atoms with van der Waals surface area (Å²) in [5.41, 5.74) is 1.79. The number of halogens is 1. The maximum absolute atomic E-state index is 13.0. The Labute approximate surface area is 167 Å². The lowest BCUT2D eigenvalue weighted by Gasteiger charge is -2.19. The molecule has 0 unspecified atom stereocenters. The first-order valence-electron chi connectivity index (χ1n) is 9.17. The summed E-state index contributed by atoms with van der Waals surface area (Å²) in [7, 11) is 0. The van der Waals surface area contributed by atoms with Gasteiger partial charge in [-0.1, -0.05) is 23.7 Å². The fourth-order valence-corrected chi connectivity index (χ4v) is 3.42. The Balaban J connectivity index is 1.52. The van der Waals surface area contributed by atoms with E-state index in [-0.39, 0.29) is 24.5 Å². The van der Waals surface area contributed by atoms with Gasteiger partial charge in [0.15, 0.2) is 12.3 Å². The molecule has 28 heavy (non-hydrogen) atoms. The molecule has 1 amide bonds. The van der Waals surface area contributed by atoms with E-state index < -0.39 is 0 Å². The van der Waals surface area contributed by atoms with Crippen LogP contribution in [-0.4, -0.2) is 23.2 Å². The number of hydrogen-bond acceptors (Lipinski definition) is 4. The zero-order chi connectivity index (χ0) is 19.5. The van der Waals surface area contributed by atoms with E-state index in [1.165, 1.54) is 5.01 Å². The van der Waals surface area contributed by atoms with E-state index in [0.717, 1.165) is 22.8 Å². The lowest BCUT2D eigenvalue weighted by atomic mass is 10.0. The molecule has 0 bridgehead atoms. The first-order chi connectivity index (χ1) is 13.6. The van der Waals surface area contributed by atoms with Crippen molar-refractivity contribution >= 4 is 23.2 Å². The van der Waals surface area contributed by atoms with Gasteiger partial charge in [-0.05, 0) is 48.9 Å². The molecule has 6 nitrogen and oxygen atoms in total. The van der Waals surface area contributed by atoms with Gasteiger partial charge in [0.1, 0.15) is 17.8 Å². The third-order valence-electron chi connectivity index (χ3n) is 4.85. The molecule has 0 aliphatic carbocycles. The highest BCUT2D eigenvalue weighted by Gasteiger charge is 2.35. The van der Waals surface area contributed by atoms with E-state index in [1.54, 1.807) is 12.5 Å². The Morgan fingerprint density at radius 3 is 2.64 bits per heavy atom. The summed E-state index contributed by atoms with van der Waals surface area (Å²) in [6.07, 6.45) is 3.84. The maximum atomic E-state index is 13.0. The molecular formula is C21H21ClN3O3+. The number of nitrogens with two attached hydrogens (primary N) is 1. The smallest absolute Gasteiger partial charge is 0.298 e. The predicted octanol–water partition coefficient (Wildman–Crippen LogP) is 3.53. The summed E-state index contributed by atoms with van der Waals surface area (Å²) in [6.45, 7) is 2.26. The minimum absolute atomic E-state index is 0.0448. The van der Waals surface area contributed by atoms with Crippen molar-refractivity contribution in [3.63, 3.8) is 0 Å². The Bertz CT molecular complexity index is 949. The summed E-state index contributed by atoms with van der Waals surface area (Å²) in [4.78, 5) is 13.0. The molecule has 3 aromatic rings. The van der Waals surface area contributed by atoms with E-state index in [4.69, 9.17) is 20.4 Å². The number of carbonyl (C=O) groups is 1. The third kappa shape index (κ3) is 3.88. The molecule has 0 radical (unpaired) electrons. The summed E-state index contributed by atoms with van der Waals surface area (Å²) in [5.74, 6) is 1.48. The number of furan rings is 2. The highest BCUT2D eigenvalue weighted by atomic mass is 35.5. The highest BCUT2D eigenvalue weighted by Crippen LogP contribution is 2.33. The summed E-state index contributed by atoms with van der Waals surface area (Å²) in [6, 6.07) is 14.7. The predicted molar refractivity (Wildman–Crippen MR) is 105 cm³/mol. The lowest BCUT2D eigenvalue weighted by molar-refractivity contribution is -0.685. The number of hydrazone groups is 1. The number of hydrogen-bond donors (Lipinski definition) is 1. The molecule has 1 aromatic carbocycles. The maximum Gasteiger partial charge on any atom is 0.298 e. The molecule has 144 valence electrons. The number of carbonyl (C=O) groups excluding carboxylic acids is 1. The molecule has 2 N–H and O–H groups in total. The van der Waals surface area contributed by atoms with Crippen molar-refractivity contribution in [3.8, 4) is 0 Å². The minimum Gasteiger partial charge on any atom is -0.467 e. The second-order valence-electron chi connectivity index (χ2n) is 6.77. The summed E-state index contributed by atoms with van der Waals surface area (Å²) in [5, 5.41) is 8.76. The van der Waals surface area contributed by atoms with Crippen LogP contribution in [0, 0.1) is 0 Å². The molecule has 2 aromatic heterocycles. The van der Waals surface area contributed by atoms with Crippen molar-refractivity contribution in [2.75, 3.05) is 6.54 Å². The number of benzene rings is 1. The zero-order valence-corrected chi connectivity index (χ0v) is 16.2. The van der Waals surface area contributed by atoms with Crippen LogP contribution in [0.25, 0.3) is 0 Å². The monoisotopic (exact) mass is 398 g/mol. The largest absolute Gasteiger partial charge is 0.467 e. The van der Waals surface area contributed by atoms with Gasteiger partial charge in [0.05, 0.1) is 18.2 Å². The van der Waals surface area contributed by atoms with Gasteiger partial charge in [0.2, 0.25) is 0 Å². The average molecular weight is 399 g/mol. The topological polar surface area (TPSA) is 75.6 Å². The number of quaternary nitrogens is 1. The van der Waals surface area contributed by atoms with E-state index >= 15 is 0 Å².